The Kier molecular flexibility index (Phi) is 2.95. The largest absolute Gasteiger partial charge is 0.324 e. The lowest BCUT2D eigenvalue weighted by atomic mass is 10.2. The van der Waals surface area contributed by atoms with E-state index in [0.29, 0.717) is 18.5 Å². The maximum absolute atomic E-state index is 10.7. The predicted octanol–water partition coefficient (Wildman–Crippen LogP) is 1.65. The first-order chi connectivity index (χ1) is 8.20. The van der Waals surface area contributed by atoms with Crippen LogP contribution in [0.2, 0.25) is 0 Å². The lowest BCUT2D eigenvalue weighted by molar-refractivity contribution is -0.384. The van der Waals surface area contributed by atoms with Gasteiger partial charge in [0.05, 0.1) is 17.4 Å². The Bertz CT molecular complexity index is 563. The van der Waals surface area contributed by atoms with Crippen molar-refractivity contribution in [2.45, 2.75) is 6.54 Å². The highest BCUT2D eigenvalue weighted by molar-refractivity contribution is 5.71. The Morgan fingerprint density at radius 1 is 1.47 bits per heavy atom. The van der Waals surface area contributed by atoms with Crippen molar-refractivity contribution in [1.82, 2.24) is 9.55 Å². The minimum atomic E-state index is -0.446. The monoisotopic (exact) mass is 231 g/mol. The number of benzene rings is 1. The molecule has 0 aliphatic heterocycles. The predicted molar refractivity (Wildman–Crippen MR) is 59.8 cm³/mol. The molecule has 0 fully saturated rings. The molecule has 0 atom stereocenters. The van der Waals surface area contributed by atoms with Gasteiger partial charge >= 0.3 is 0 Å². The van der Waals surface area contributed by atoms with Gasteiger partial charge in [-0.25, -0.2) is 4.98 Å². The molecule has 0 spiro atoms. The van der Waals surface area contributed by atoms with Crippen LogP contribution >= 0.6 is 0 Å². The quantitative estimate of drug-likeness (QED) is 0.455. The van der Waals surface area contributed by atoms with Crippen molar-refractivity contribution in [1.29, 1.82) is 0 Å². The van der Waals surface area contributed by atoms with Gasteiger partial charge in [0.15, 0.2) is 6.29 Å². The van der Waals surface area contributed by atoms with E-state index in [1.165, 1.54) is 24.7 Å². The van der Waals surface area contributed by atoms with Gasteiger partial charge in [-0.2, -0.15) is 0 Å². The SMILES string of the molecule is O=Cc1cncn1Cc1cccc([N+](=O)[O-])c1. The fraction of sp³-hybridized carbons (Fsp3) is 0.0909. The van der Waals surface area contributed by atoms with Gasteiger partial charge in [-0.05, 0) is 5.56 Å². The summed E-state index contributed by atoms with van der Waals surface area (Å²) in [6, 6.07) is 6.29. The zero-order valence-corrected chi connectivity index (χ0v) is 8.81. The van der Waals surface area contributed by atoms with Crippen LogP contribution in [-0.4, -0.2) is 20.8 Å². The molecular weight excluding hydrogens is 222 g/mol. The number of rotatable bonds is 4. The average Bonchev–Trinajstić information content (AvgIpc) is 2.76. The molecule has 2 rings (SSSR count). The minimum absolute atomic E-state index is 0.0373. The van der Waals surface area contributed by atoms with Crippen molar-refractivity contribution < 1.29 is 9.72 Å². The number of imidazole rings is 1. The molecule has 0 saturated carbocycles. The third kappa shape index (κ3) is 2.36. The lowest BCUT2D eigenvalue weighted by Gasteiger charge is -2.04. The van der Waals surface area contributed by atoms with E-state index >= 15 is 0 Å². The molecule has 0 aliphatic carbocycles. The molecule has 1 aromatic carbocycles. The van der Waals surface area contributed by atoms with Crippen LogP contribution in [0.4, 0.5) is 5.69 Å². The summed E-state index contributed by atoms with van der Waals surface area (Å²) in [5.41, 5.74) is 1.23. The molecule has 0 saturated heterocycles. The summed E-state index contributed by atoms with van der Waals surface area (Å²) >= 11 is 0. The molecule has 0 bridgehead atoms. The van der Waals surface area contributed by atoms with E-state index in [1.807, 2.05) is 0 Å². The maximum Gasteiger partial charge on any atom is 0.269 e. The first-order valence-corrected chi connectivity index (χ1v) is 4.89. The first-order valence-electron chi connectivity index (χ1n) is 4.89. The molecule has 0 unspecified atom stereocenters. The van der Waals surface area contributed by atoms with Gasteiger partial charge in [-0.1, -0.05) is 12.1 Å². The first kappa shape index (κ1) is 11.0. The Morgan fingerprint density at radius 3 is 3.00 bits per heavy atom. The van der Waals surface area contributed by atoms with Gasteiger partial charge in [0.2, 0.25) is 0 Å². The number of hydrogen-bond acceptors (Lipinski definition) is 4. The molecule has 6 nitrogen and oxygen atoms in total. The Balaban J connectivity index is 2.27. The molecule has 0 radical (unpaired) electrons. The lowest BCUT2D eigenvalue weighted by Crippen LogP contribution is -2.02. The number of nitro benzene ring substituents is 1. The maximum atomic E-state index is 10.7. The zero-order valence-electron chi connectivity index (χ0n) is 8.81. The topological polar surface area (TPSA) is 78.0 Å². The van der Waals surface area contributed by atoms with Crippen molar-refractivity contribution >= 4 is 12.0 Å². The summed E-state index contributed by atoms with van der Waals surface area (Å²) in [4.78, 5) is 24.7. The fourth-order valence-corrected chi connectivity index (χ4v) is 1.53. The number of nitrogens with zero attached hydrogens (tertiary/aromatic N) is 3. The number of aromatic nitrogens is 2. The summed E-state index contributed by atoms with van der Waals surface area (Å²) in [6.45, 7) is 0.385. The van der Waals surface area contributed by atoms with Gasteiger partial charge in [0.25, 0.3) is 5.69 Å². The van der Waals surface area contributed by atoms with Crippen molar-refractivity contribution in [2.75, 3.05) is 0 Å². The molecule has 0 amide bonds. The molecule has 1 heterocycles. The highest BCUT2D eigenvalue weighted by atomic mass is 16.6. The molecule has 6 heteroatoms. The normalized spacial score (nSPS) is 10.1. The second-order valence-corrected chi connectivity index (χ2v) is 3.49. The summed E-state index contributed by atoms with van der Waals surface area (Å²) in [5.74, 6) is 0. The van der Waals surface area contributed by atoms with E-state index in [4.69, 9.17) is 0 Å². The summed E-state index contributed by atoms with van der Waals surface area (Å²) in [7, 11) is 0. The highest BCUT2D eigenvalue weighted by Crippen LogP contribution is 2.14. The Labute approximate surface area is 96.7 Å². The van der Waals surface area contributed by atoms with Gasteiger partial charge in [-0.3, -0.25) is 14.9 Å². The van der Waals surface area contributed by atoms with Gasteiger partial charge in [0, 0.05) is 18.7 Å². The van der Waals surface area contributed by atoms with Crippen molar-refractivity contribution in [3.05, 3.63) is 58.2 Å². The summed E-state index contributed by atoms with van der Waals surface area (Å²) in [6.07, 6.45) is 3.66. The molecule has 0 aliphatic rings. The van der Waals surface area contributed by atoms with E-state index in [9.17, 15) is 14.9 Å². The highest BCUT2D eigenvalue weighted by Gasteiger charge is 2.07. The van der Waals surface area contributed by atoms with Crippen molar-refractivity contribution in [3.63, 3.8) is 0 Å². The number of hydrogen-bond donors (Lipinski definition) is 0. The number of non-ortho nitro benzene ring substituents is 1. The zero-order chi connectivity index (χ0) is 12.3. The molecule has 17 heavy (non-hydrogen) atoms. The molecule has 86 valence electrons. The van der Waals surface area contributed by atoms with E-state index in [0.717, 1.165) is 5.56 Å². The van der Waals surface area contributed by atoms with E-state index in [-0.39, 0.29) is 5.69 Å². The molecular formula is C11H9N3O3. The molecule has 0 N–H and O–H groups in total. The Hall–Kier alpha value is -2.50. The molecule has 2 aromatic rings. The van der Waals surface area contributed by atoms with Crippen molar-refractivity contribution in [2.24, 2.45) is 0 Å². The third-order valence-electron chi connectivity index (χ3n) is 2.34. The van der Waals surface area contributed by atoms with E-state index in [2.05, 4.69) is 4.98 Å². The van der Waals surface area contributed by atoms with Crippen LogP contribution in [0.25, 0.3) is 0 Å². The Morgan fingerprint density at radius 2 is 2.29 bits per heavy atom. The molecule has 1 aromatic heterocycles. The van der Waals surface area contributed by atoms with Gasteiger partial charge in [0.1, 0.15) is 5.69 Å². The van der Waals surface area contributed by atoms with Crippen molar-refractivity contribution in [3.8, 4) is 0 Å². The van der Waals surface area contributed by atoms with E-state index < -0.39 is 4.92 Å². The van der Waals surface area contributed by atoms with E-state index in [1.54, 1.807) is 16.7 Å². The smallest absolute Gasteiger partial charge is 0.269 e. The summed E-state index contributed by atoms with van der Waals surface area (Å²) in [5, 5.41) is 10.6. The number of nitro groups is 1. The van der Waals surface area contributed by atoms with Crippen LogP contribution in [0.5, 0.6) is 0 Å². The van der Waals surface area contributed by atoms with Gasteiger partial charge in [-0.15, -0.1) is 0 Å². The second-order valence-electron chi connectivity index (χ2n) is 3.49. The standard InChI is InChI=1S/C11H9N3O3/c15-7-11-5-12-8-13(11)6-9-2-1-3-10(4-9)14(16)17/h1-5,7-8H,6H2. The van der Waals surface area contributed by atoms with Crippen LogP contribution in [-0.2, 0) is 6.54 Å². The number of carbonyl (C=O) groups excluding carboxylic acids is 1. The second kappa shape index (κ2) is 4.56. The average molecular weight is 231 g/mol. The van der Waals surface area contributed by atoms with Crippen LogP contribution in [0.15, 0.2) is 36.8 Å². The van der Waals surface area contributed by atoms with Crippen LogP contribution < -0.4 is 0 Å². The summed E-state index contributed by atoms with van der Waals surface area (Å²) < 4.78 is 1.63. The van der Waals surface area contributed by atoms with Crippen LogP contribution in [0, 0.1) is 10.1 Å². The van der Waals surface area contributed by atoms with Crippen LogP contribution in [0.3, 0.4) is 0 Å². The number of carbonyl (C=O) groups is 1. The minimum Gasteiger partial charge on any atom is -0.324 e. The number of aldehydes is 1. The third-order valence-corrected chi connectivity index (χ3v) is 2.34. The van der Waals surface area contributed by atoms with Gasteiger partial charge < -0.3 is 4.57 Å². The fourth-order valence-electron chi connectivity index (χ4n) is 1.53. The van der Waals surface area contributed by atoms with Crippen LogP contribution in [0.1, 0.15) is 16.1 Å².